The Morgan fingerprint density at radius 2 is 1.56 bits per heavy atom. The third kappa shape index (κ3) is 3.40. The van der Waals surface area contributed by atoms with Crippen LogP contribution in [0.4, 0.5) is 4.39 Å². The Morgan fingerprint density at radius 3 is 2.09 bits per heavy atom. The van der Waals surface area contributed by atoms with Crippen LogP contribution in [-0.2, 0) is 0 Å². The van der Waals surface area contributed by atoms with Gasteiger partial charge < -0.3 is 9.09 Å². The lowest BCUT2D eigenvalue weighted by molar-refractivity contribution is 0.274. The van der Waals surface area contributed by atoms with Gasteiger partial charge in [-0.25, -0.2) is 9.37 Å². The second-order valence-electron chi connectivity index (χ2n) is 8.11. The molecule has 3 aromatic heterocycles. The molecule has 0 aliphatic rings. The topological polar surface area (TPSA) is 43.9 Å². The largest absolute Gasteiger partial charge is 0.361 e. The van der Waals surface area contributed by atoms with E-state index in [-0.39, 0.29) is 5.92 Å². The highest BCUT2D eigenvalue weighted by molar-refractivity contribution is 5.87. The first-order valence-corrected chi connectivity index (χ1v) is 10.7. The van der Waals surface area contributed by atoms with Gasteiger partial charge in [-0.2, -0.15) is 0 Å². The fourth-order valence-electron chi connectivity index (χ4n) is 4.53. The van der Waals surface area contributed by atoms with Gasteiger partial charge in [0.15, 0.2) is 6.30 Å². The lowest BCUT2D eigenvalue weighted by Crippen LogP contribution is -2.03. The molecular weight excluding hydrogens is 401 g/mol. The zero-order chi connectivity index (χ0) is 22.2. The fourth-order valence-corrected chi connectivity index (χ4v) is 4.53. The Balaban J connectivity index is 1.80. The van der Waals surface area contributed by atoms with Crippen LogP contribution in [0.1, 0.15) is 47.3 Å². The smallest absolute Gasteiger partial charge is 0.174 e. The third-order valence-corrected chi connectivity index (χ3v) is 5.98. The van der Waals surface area contributed by atoms with Crippen LogP contribution in [0.15, 0.2) is 83.6 Å². The van der Waals surface area contributed by atoms with Crippen molar-refractivity contribution >= 4 is 11.0 Å². The zero-order valence-electron chi connectivity index (χ0n) is 18.3. The van der Waals surface area contributed by atoms with Gasteiger partial charge in [0, 0.05) is 34.8 Å². The van der Waals surface area contributed by atoms with Gasteiger partial charge in [0.25, 0.3) is 0 Å². The number of aromatic nitrogens is 3. The van der Waals surface area contributed by atoms with Crippen LogP contribution >= 0.6 is 0 Å². The van der Waals surface area contributed by atoms with Gasteiger partial charge in [0.2, 0.25) is 0 Å². The summed E-state index contributed by atoms with van der Waals surface area (Å²) < 4.78 is 21.6. The van der Waals surface area contributed by atoms with Gasteiger partial charge in [0.1, 0.15) is 11.4 Å². The molecule has 0 fully saturated rings. The van der Waals surface area contributed by atoms with Gasteiger partial charge in [-0.3, -0.25) is 0 Å². The molecule has 0 bridgehead atoms. The van der Waals surface area contributed by atoms with Crippen molar-refractivity contribution in [2.24, 2.45) is 0 Å². The van der Waals surface area contributed by atoms with E-state index in [1.54, 1.807) is 10.8 Å². The summed E-state index contributed by atoms with van der Waals surface area (Å²) in [6.07, 6.45) is 2.48. The molecule has 0 radical (unpaired) electrons. The molecule has 2 aromatic carbocycles. The van der Waals surface area contributed by atoms with E-state index in [4.69, 9.17) is 4.52 Å². The van der Waals surface area contributed by atoms with E-state index < -0.39 is 6.30 Å². The summed E-state index contributed by atoms with van der Waals surface area (Å²) in [5.41, 5.74) is 6.59. The lowest BCUT2D eigenvalue weighted by atomic mass is 9.85. The Labute approximate surface area is 186 Å². The second kappa shape index (κ2) is 8.08. The molecule has 32 heavy (non-hydrogen) atoms. The first-order chi connectivity index (χ1) is 15.5. The number of pyridine rings is 1. The van der Waals surface area contributed by atoms with Crippen molar-refractivity contribution in [3.8, 4) is 11.1 Å². The van der Waals surface area contributed by atoms with E-state index >= 15 is 0 Å². The molecule has 5 heteroatoms. The number of halogens is 1. The van der Waals surface area contributed by atoms with Crippen LogP contribution in [0, 0.1) is 13.8 Å². The number of benzene rings is 2. The summed E-state index contributed by atoms with van der Waals surface area (Å²) in [6.45, 7) is 5.35. The molecule has 4 nitrogen and oxygen atoms in total. The molecule has 0 N–H and O–H groups in total. The fraction of sp³-hybridized carbons (Fsp3) is 0.185. The van der Waals surface area contributed by atoms with Crippen LogP contribution in [-0.4, -0.2) is 14.7 Å². The average molecular weight is 426 g/mol. The predicted octanol–water partition coefficient (Wildman–Crippen LogP) is 6.98. The highest BCUT2D eigenvalue weighted by atomic mass is 19.1. The van der Waals surface area contributed by atoms with Crippen molar-refractivity contribution in [1.29, 1.82) is 0 Å². The highest BCUT2D eigenvalue weighted by Gasteiger charge is 2.24. The summed E-state index contributed by atoms with van der Waals surface area (Å²) >= 11 is 0. The number of hydrogen-bond acceptors (Lipinski definition) is 3. The molecule has 160 valence electrons. The number of aryl methyl sites for hydroxylation is 2. The van der Waals surface area contributed by atoms with E-state index in [0.717, 1.165) is 44.7 Å². The first-order valence-electron chi connectivity index (χ1n) is 10.7. The predicted molar refractivity (Wildman–Crippen MR) is 124 cm³/mol. The van der Waals surface area contributed by atoms with Crippen molar-refractivity contribution in [3.05, 3.63) is 107 Å². The SMILES string of the molecule is Cc1noc(C)c1-c1cnc2c(c1)c(C(c1ccccc1)c1ccccc1)cn2C(C)F. The molecule has 1 atom stereocenters. The van der Waals surface area contributed by atoms with Gasteiger partial charge >= 0.3 is 0 Å². The average Bonchev–Trinajstić information content (AvgIpc) is 3.35. The molecule has 0 saturated heterocycles. The molecule has 1 unspecified atom stereocenters. The van der Waals surface area contributed by atoms with Crippen LogP contribution in [0.2, 0.25) is 0 Å². The summed E-state index contributed by atoms with van der Waals surface area (Å²) in [6, 6.07) is 22.7. The second-order valence-corrected chi connectivity index (χ2v) is 8.11. The number of alkyl halides is 1. The van der Waals surface area contributed by atoms with Crippen molar-refractivity contribution < 1.29 is 8.91 Å². The van der Waals surface area contributed by atoms with E-state index in [9.17, 15) is 4.39 Å². The minimum Gasteiger partial charge on any atom is -0.361 e. The van der Waals surface area contributed by atoms with Gasteiger partial charge in [-0.05, 0) is 43.5 Å². The summed E-state index contributed by atoms with van der Waals surface area (Å²) in [4.78, 5) is 4.68. The standard InChI is InChI=1S/C27H24FN3O/c1-17-25(18(2)32-30-17)22-14-23-24(16-31(19(3)28)27(23)29-15-22)26(20-10-6-4-7-11-20)21-12-8-5-9-13-21/h4-16,19,26H,1-3H3. The van der Waals surface area contributed by atoms with Gasteiger partial charge in [0.05, 0.1) is 5.69 Å². The normalized spacial score (nSPS) is 12.5. The third-order valence-electron chi connectivity index (χ3n) is 5.98. The molecular formula is C27H24FN3O. The van der Waals surface area contributed by atoms with Gasteiger partial charge in [-0.15, -0.1) is 0 Å². The minimum absolute atomic E-state index is 0.0541. The lowest BCUT2D eigenvalue weighted by Gasteiger charge is -2.18. The van der Waals surface area contributed by atoms with E-state index in [1.807, 2.05) is 56.4 Å². The Morgan fingerprint density at radius 1 is 0.938 bits per heavy atom. The maximum absolute atomic E-state index is 14.6. The monoisotopic (exact) mass is 425 g/mol. The number of fused-ring (bicyclic) bond motifs is 1. The minimum atomic E-state index is -1.20. The van der Waals surface area contributed by atoms with Crippen LogP contribution < -0.4 is 0 Å². The first kappa shape index (κ1) is 20.2. The number of nitrogens with zero attached hydrogens (tertiary/aromatic N) is 3. The highest BCUT2D eigenvalue weighted by Crippen LogP contribution is 2.39. The van der Waals surface area contributed by atoms with E-state index in [2.05, 4.69) is 40.5 Å². The van der Waals surface area contributed by atoms with E-state index in [0.29, 0.717) is 5.65 Å². The van der Waals surface area contributed by atoms with Crippen molar-refractivity contribution in [2.45, 2.75) is 33.0 Å². The van der Waals surface area contributed by atoms with Crippen LogP contribution in [0.25, 0.3) is 22.2 Å². The quantitative estimate of drug-likeness (QED) is 0.305. The number of rotatable bonds is 5. The zero-order valence-corrected chi connectivity index (χ0v) is 18.3. The molecule has 0 spiro atoms. The summed E-state index contributed by atoms with van der Waals surface area (Å²) in [7, 11) is 0. The van der Waals surface area contributed by atoms with Crippen molar-refractivity contribution in [3.63, 3.8) is 0 Å². The maximum atomic E-state index is 14.6. The number of hydrogen-bond donors (Lipinski definition) is 0. The molecule has 5 aromatic rings. The van der Waals surface area contributed by atoms with Crippen LogP contribution in [0.5, 0.6) is 0 Å². The summed E-state index contributed by atoms with van der Waals surface area (Å²) in [5.74, 6) is 0.688. The molecule has 5 rings (SSSR count). The molecule has 0 amide bonds. The molecule has 0 aliphatic carbocycles. The van der Waals surface area contributed by atoms with Crippen LogP contribution in [0.3, 0.4) is 0 Å². The molecule has 0 saturated carbocycles. The Kier molecular flexibility index (Phi) is 5.10. The van der Waals surface area contributed by atoms with E-state index in [1.165, 1.54) is 6.92 Å². The summed E-state index contributed by atoms with van der Waals surface area (Å²) in [5, 5.41) is 5.01. The molecule has 3 heterocycles. The van der Waals surface area contributed by atoms with Crippen molar-refractivity contribution in [2.75, 3.05) is 0 Å². The Hall–Kier alpha value is -3.73. The molecule has 0 aliphatic heterocycles. The van der Waals surface area contributed by atoms with Gasteiger partial charge in [-0.1, -0.05) is 65.8 Å². The maximum Gasteiger partial charge on any atom is 0.174 e. The Bertz CT molecular complexity index is 1310. The van der Waals surface area contributed by atoms with Crippen molar-refractivity contribution in [1.82, 2.24) is 14.7 Å².